The fourth-order valence-electron chi connectivity index (χ4n) is 2.57. The fourth-order valence-corrected chi connectivity index (χ4v) is 4.13. The van der Waals surface area contributed by atoms with E-state index in [1.807, 2.05) is 4.57 Å². The van der Waals surface area contributed by atoms with Crippen LogP contribution in [0.3, 0.4) is 0 Å². The normalized spacial score (nSPS) is 12.0. The maximum absolute atomic E-state index is 13.8. The van der Waals surface area contributed by atoms with Gasteiger partial charge in [0.25, 0.3) is 0 Å². The molecule has 0 saturated heterocycles. The Bertz CT molecular complexity index is 1020. The van der Waals surface area contributed by atoms with E-state index < -0.39 is 10.0 Å². The number of aromatic nitrogens is 2. The van der Waals surface area contributed by atoms with Crippen molar-refractivity contribution in [2.75, 3.05) is 0 Å². The van der Waals surface area contributed by atoms with E-state index in [1.165, 1.54) is 30.0 Å². The van der Waals surface area contributed by atoms with Crippen molar-refractivity contribution in [3.05, 3.63) is 53.8 Å². The molecular formula is C17H18FN3O2S2. The number of sulfonamides is 1. The molecule has 2 N–H and O–H groups in total. The summed E-state index contributed by atoms with van der Waals surface area (Å²) >= 11 is 1.42. The first-order valence-corrected chi connectivity index (χ1v) is 10.3. The third kappa shape index (κ3) is 3.86. The quantitative estimate of drug-likeness (QED) is 0.665. The first-order valence-electron chi connectivity index (χ1n) is 7.79. The zero-order valence-electron chi connectivity index (χ0n) is 13.6. The van der Waals surface area contributed by atoms with Crippen LogP contribution < -0.4 is 5.14 Å². The van der Waals surface area contributed by atoms with Gasteiger partial charge >= 0.3 is 0 Å². The molecule has 2 aromatic carbocycles. The van der Waals surface area contributed by atoms with Crippen molar-refractivity contribution in [2.24, 2.45) is 5.14 Å². The summed E-state index contributed by atoms with van der Waals surface area (Å²) in [7, 11) is -3.78. The highest BCUT2D eigenvalue weighted by molar-refractivity contribution is 7.98. The van der Waals surface area contributed by atoms with Crippen LogP contribution in [0.5, 0.6) is 0 Å². The van der Waals surface area contributed by atoms with Gasteiger partial charge in [-0.15, -0.1) is 0 Å². The molecule has 0 spiro atoms. The fraction of sp³-hybridized carbons (Fsp3) is 0.235. The monoisotopic (exact) mass is 379 g/mol. The minimum absolute atomic E-state index is 0.0341. The predicted molar refractivity (Wildman–Crippen MR) is 97.4 cm³/mol. The lowest BCUT2D eigenvalue weighted by atomic mass is 10.2. The molecule has 0 aliphatic heterocycles. The molecule has 25 heavy (non-hydrogen) atoms. The van der Waals surface area contributed by atoms with Gasteiger partial charge in [-0.25, -0.2) is 22.9 Å². The molecule has 3 aromatic rings. The van der Waals surface area contributed by atoms with Crippen molar-refractivity contribution in [2.45, 2.75) is 35.7 Å². The molecule has 3 rings (SSSR count). The van der Waals surface area contributed by atoms with Gasteiger partial charge in [-0.2, -0.15) is 0 Å². The molecule has 0 radical (unpaired) electrons. The van der Waals surface area contributed by atoms with Crippen LogP contribution in [0.4, 0.5) is 4.39 Å². The van der Waals surface area contributed by atoms with E-state index in [9.17, 15) is 12.8 Å². The molecule has 0 aliphatic rings. The van der Waals surface area contributed by atoms with Crippen LogP contribution in [0, 0.1) is 5.82 Å². The van der Waals surface area contributed by atoms with Gasteiger partial charge in [-0.1, -0.05) is 36.9 Å². The van der Waals surface area contributed by atoms with Gasteiger partial charge in [-0.05, 0) is 36.2 Å². The highest BCUT2D eigenvalue weighted by Gasteiger charge is 2.15. The van der Waals surface area contributed by atoms with Crippen LogP contribution in [0.25, 0.3) is 11.0 Å². The van der Waals surface area contributed by atoms with Crippen LogP contribution in [0.15, 0.2) is 52.5 Å². The summed E-state index contributed by atoms with van der Waals surface area (Å²) < 4.78 is 38.9. The van der Waals surface area contributed by atoms with Crippen molar-refractivity contribution in [3.63, 3.8) is 0 Å². The Balaban J connectivity index is 1.98. The summed E-state index contributed by atoms with van der Waals surface area (Å²) in [6.07, 6.45) is 0.898. The molecule has 0 aliphatic carbocycles. The molecule has 0 amide bonds. The van der Waals surface area contributed by atoms with Crippen molar-refractivity contribution in [1.29, 1.82) is 0 Å². The van der Waals surface area contributed by atoms with Gasteiger partial charge < -0.3 is 4.57 Å². The van der Waals surface area contributed by atoms with Crippen molar-refractivity contribution in [3.8, 4) is 0 Å². The van der Waals surface area contributed by atoms with Crippen molar-refractivity contribution < 1.29 is 12.8 Å². The number of hydrogen-bond acceptors (Lipinski definition) is 4. The highest BCUT2D eigenvalue weighted by atomic mass is 32.2. The molecular weight excluding hydrogens is 361 g/mol. The molecule has 132 valence electrons. The summed E-state index contributed by atoms with van der Waals surface area (Å²) in [5.41, 5.74) is 2.01. The number of imidazole rings is 1. The molecule has 1 aromatic heterocycles. The van der Waals surface area contributed by atoms with Gasteiger partial charge in [0.15, 0.2) is 5.16 Å². The number of halogens is 1. The summed E-state index contributed by atoms with van der Waals surface area (Å²) in [5, 5.41) is 5.92. The maximum Gasteiger partial charge on any atom is 0.238 e. The molecule has 8 heteroatoms. The number of thioether (sulfide) groups is 1. The summed E-state index contributed by atoms with van der Waals surface area (Å²) in [6, 6.07) is 11.3. The predicted octanol–water partition coefficient (Wildman–Crippen LogP) is 3.53. The van der Waals surface area contributed by atoms with Crippen LogP contribution >= 0.6 is 11.8 Å². The van der Waals surface area contributed by atoms with Gasteiger partial charge in [0, 0.05) is 12.3 Å². The number of primary sulfonamides is 1. The van der Waals surface area contributed by atoms with E-state index in [1.54, 1.807) is 24.3 Å². The zero-order chi connectivity index (χ0) is 18.0. The number of nitrogens with zero attached hydrogens (tertiary/aromatic N) is 2. The molecule has 0 saturated carbocycles. The smallest absolute Gasteiger partial charge is 0.238 e. The lowest BCUT2D eigenvalue weighted by Crippen LogP contribution is -2.11. The van der Waals surface area contributed by atoms with Crippen LogP contribution in [-0.2, 0) is 22.3 Å². The maximum atomic E-state index is 13.8. The Kier molecular flexibility index (Phi) is 5.12. The number of rotatable bonds is 6. The molecule has 0 atom stereocenters. The van der Waals surface area contributed by atoms with E-state index in [4.69, 9.17) is 5.14 Å². The number of aryl methyl sites for hydroxylation is 1. The molecule has 1 heterocycles. The second-order valence-corrected chi connectivity index (χ2v) is 8.13. The molecule has 0 bridgehead atoms. The summed E-state index contributed by atoms with van der Waals surface area (Å²) in [4.78, 5) is 4.57. The van der Waals surface area contributed by atoms with E-state index >= 15 is 0 Å². The Hall–Kier alpha value is -1.90. The van der Waals surface area contributed by atoms with Gasteiger partial charge in [0.2, 0.25) is 10.0 Å². The van der Waals surface area contributed by atoms with E-state index in [2.05, 4.69) is 11.9 Å². The third-order valence-electron chi connectivity index (χ3n) is 3.78. The summed E-state index contributed by atoms with van der Waals surface area (Å²) in [5.74, 6) is 0.201. The molecule has 5 nitrogen and oxygen atoms in total. The van der Waals surface area contributed by atoms with E-state index in [-0.39, 0.29) is 10.7 Å². The number of fused-ring (bicyclic) bond motifs is 1. The number of benzene rings is 2. The van der Waals surface area contributed by atoms with Crippen molar-refractivity contribution in [1.82, 2.24) is 9.55 Å². The van der Waals surface area contributed by atoms with Gasteiger partial charge in [0.1, 0.15) is 5.82 Å². The van der Waals surface area contributed by atoms with Crippen molar-refractivity contribution >= 4 is 32.8 Å². The Labute approximate surface area is 150 Å². The van der Waals surface area contributed by atoms with Crippen LogP contribution in [0.2, 0.25) is 0 Å². The average Bonchev–Trinajstić information content (AvgIpc) is 2.91. The van der Waals surface area contributed by atoms with Crippen LogP contribution in [-0.4, -0.2) is 18.0 Å². The topological polar surface area (TPSA) is 78.0 Å². The standard InChI is InChI=1S/C17H18FN3O2S2/c1-2-9-21-16-8-7-13(25(19,22)23)10-15(16)20-17(21)24-11-12-5-3-4-6-14(12)18/h3-8,10H,2,9,11H2,1H3,(H2,19,22,23). The Morgan fingerprint density at radius 1 is 1.24 bits per heavy atom. The largest absolute Gasteiger partial charge is 0.319 e. The zero-order valence-corrected chi connectivity index (χ0v) is 15.3. The molecule has 0 fully saturated rings. The number of hydrogen-bond donors (Lipinski definition) is 1. The van der Waals surface area contributed by atoms with E-state index in [0.29, 0.717) is 16.8 Å². The minimum atomic E-state index is -3.78. The van der Waals surface area contributed by atoms with Gasteiger partial charge in [0.05, 0.1) is 15.9 Å². The van der Waals surface area contributed by atoms with Gasteiger partial charge in [-0.3, -0.25) is 0 Å². The Morgan fingerprint density at radius 2 is 2.00 bits per heavy atom. The minimum Gasteiger partial charge on any atom is -0.319 e. The SMILES string of the molecule is CCCn1c(SCc2ccccc2F)nc2cc(S(N)(=O)=O)ccc21. The summed E-state index contributed by atoms with van der Waals surface area (Å²) in [6.45, 7) is 2.79. The first-order chi connectivity index (χ1) is 11.9. The second kappa shape index (κ2) is 7.15. The third-order valence-corrected chi connectivity index (χ3v) is 5.71. The van der Waals surface area contributed by atoms with Crippen LogP contribution in [0.1, 0.15) is 18.9 Å². The van der Waals surface area contributed by atoms with E-state index in [0.717, 1.165) is 23.6 Å². The number of nitrogens with two attached hydrogens (primary N) is 1. The lowest BCUT2D eigenvalue weighted by molar-refractivity contribution is 0.598. The lowest BCUT2D eigenvalue weighted by Gasteiger charge is -2.08. The highest BCUT2D eigenvalue weighted by Crippen LogP contribution is 2.29. The second-order valence-electron chi connectivity index (χ2n) is 5.62. The first kappa shape index (κ1) is 17.9. The average molecular weight is 379 g/mol. The Morgan fingerprint density at radius 3 is 2.68 bits per heavy atom. The molecule has 0 unspecified atom stereocenters.